The van der Waals surface area contributed by atoms with E-state index in [1.54, 1.807) is 4.31 Å². The van der Waals surface area contributed by atoms with E-state index < -0.39 is 10.2 Å². The van der Waals surface area contributed by atoms with Crippen molar-refractivity contribution in [1.82, 2.24) is 13.9 Å². The molecule has 1 unspecified atom stereocenters. The molecule has 1 N–H and O–H groups in total. The molecule has 1 atom stereocenters. The van der Waals surface area contributed by atoms with Crippen LogP contribution >= 0.6 is 0 Å². The maximum atomic E-state index is 11.8. The van der Waals surface area contributed by atoms with Crippen LogP contribution in [0, 0.1) is 5.92 Å². The number of hydrogen-bond acceptors (Lipinski definition) is 3. The second kappa shape index (κ2) is 6.44. The Morgan fingerprint density at radius 2 is 2.00 bits per heavy atom. The highest BCUT2D eigenvalue weighted by atomic mass is 32.2. The second-order valence-electron chi connectivity index (χ2n) is 5.99. The molecule has 1 aromatic rings. The number of piperidine rings is 1. The van der Waals surface area contributed by atoms with Gasteiger partial charge in [0.15, 0.2) is 0 Å². The minimum Gasteiger partial charge on any atom is -0.299 e. The van der Waals surface area contributed by atoms with E-state index in [0.717, 1.165) is 32.5 Å². The van der Waals surface area contributed by atoms with E-state index >= 15 is 0 Å². The summed E-state index contributed by atoms with van der Waals surface area (Å²) in [5.41, 5.74) is 1.33. The zero-order valence-corrected chi connectivity index (χ0v) is 13.1. The number of hydrogen-bond donors (Lipinski definition) is 1. The van der Waals surface area contributed by atoms with Crippen molar-refractivity contribution in [3.05, 3.63) is 35.9 Å². The first-order chi connectivity index (χ1) is 10.1. The monoisotopic (exact) mass is 309 g/mol. The van der Waals surface area contributed by atoms with Crippen LogP contribution in [0.4, 0.5) is 0 Å². The zero-order chi connectivity index (χ0) is 14.7. The Labute approximate surface area is 127 Å². The third kappa shape index (κ3) is 3.83. The van der Waals surface area contributed by atoms with Crippen LogP contribution in [0.1, 0.15) is 18.4 Å². The summed E-state index contributed by atoms with van der Waals surface area (Å²) < 4.78 is 27.8. The molecule has 0 radical (unpaired) electrons. The van der Waals surface area contributed by atoms with Gasteiger partial charge in [0.05, 0.1) is 0 Å². The predicted molar refractivity (Wildman–Crippen MR) is 82.9 cm³/mol. The maximum Gasteiger partial charge on any atom is 0.279 e. The van der Waals surface area contributed by atoms with E-state index in [1.165, 1.54) is 5.56 Å². The first-order valence-electron chi connectivity index (χ1n) is 7.64. The molecule has 1 aromatic carbocycles. The summed E-state index contributed by atoms with van der Waals surface area (Å²) >= 11 is 0. The number of rotatable bonds is 4. The van der Waals surface area contributed by atoms with Crippen LogP contribution in [0.15, 0.2) is 30.3 Å². The molecule has 2 aliphatic rings. The van der Waals surface area contributed by atoms with Gasteiger partial charge in [-0.3, -0.25) is 4.90 Å². The smallest absolute Gasteiger partial charge is 0.279 e. The van der Waals surface area contributed by atoms with Crippen LogP contribution in [0.2, 0.25) is 0 Å². The van der Waals surface area contributed by atoms with E-state index in [0.29, 0.717) is 25.6 Å². The summed E-state index contributed by atoms with van der Waals surface area (Å²) in [4.78, 5) is 2.44. The standard InChI is InChI=1S/C15H23N3O2S/c19-21(20)16-8-10-18(21)13-15-7-4-9-17(12-15)11-14-5-2-1-3-6-14/h1-3,5-6,15-16H,4,7-13H2. The molecule has 2 heterocycles. The Hall–Kier alpha value is -0.950. The minimum absolute atomic E-state index is 0.442. The molecule has 0 saturated carbocycles. The molecule has 0 aromatic heterocycles. The fourth-order valence-electron chi connectivity index (χ4n) is 3.27. The normalized spacial score (nSPS) is 27.0. The number of nitrogens with one attached hydrogen (secondary N) is 1. The molecule has 21 heavy (non-hydrogen) atoms. The summed E-state index contributed by atoms with van der Waals surface area (Å²) in [5.74, 6) is 0.442. The van der Waals surface area contributed by atoms with Gasteiger partial charge in [-0.05, 0) is 30.9 Å². The van der Waals surface area contributed by atoms with E-state index in [2.05, 4.69) is 33.9 Å². The van der Waals surface area contributed by atoms with Crippen molar-refractivity contribution in [2.24, 2.45) is 5.92 Å². The lowest BCUT2D eigenvalue weighted by Gasteiger charge is -2.34. The van der Waals surface area contributed by atoms with Gasteiger partial charge in [0.25, 0.3) is 10.2 Å². The van der Waals surface area contributed by atoms with E-state index in [1.807, 2.05) is 6.07 Å². The predicted octanol–water partition coefficient (Wildman–Crippen LogP) is 1.05. The van der Waals surface area contributed by atoms with Crippen molar-refractivity contribution < 1.29 is 8.42 Å². The summed E-state index contributed by atoms with van der Waals surface area (Å²) in [7, 11) is -3.20. The molecular weight excluding hydrogens is 286 g/mol. The van der Waals surface area contributed by atoms with Gasteiger partial charge in [-0.25, -0.2) is 4.72 Å². The largest absolute Gasteiger partial charge is 0.299 e. The molecule has 0 amide bonds. The highest BCUT2D eigenvalue weighted by molar-refractivity contribution is 7.87. The van der Waals surface area contributed by atoms with Gasteiger partial charge in [0.2, 0.25) is 0 Å². The average molecular weight is 309 g/mol. The first kappa shape index (κ1) is 15.0. The summed E-state index contributed by atoms with van der Waals surface area (Å²) in [5, 5.41) is 0. The minimum atomic E-state index is -3.20. The second-order valence-corrected chi connectivity index (χ2v) is 7.74. The highest BCUT2D eigenvalue weighted by Crippen LogP contribution is 2.21. The quantitative estimate of drug-likeness (QED) is 0.904. The Balaban J connectivity index is 1.56. The van der Waals surface area contributed by atoms with Crippen molar-refractivity contribution in [2.75, 3.05) is 32.7 Å². The third-order valence-corrected chi connectivity index (χ3v) is 5.88. The summed E-state index contributed by atoms with van der Waals surface area (Å²) in [6, 6.07) is 10.5. The van der Waals surface area contributed by atoms with Crippen molar-refractivity contribution in [3.63, 3.8) is 0 Å². The fourth-order valence-corrected chi connectivity index (χ4v) is 4.54. The molecule has 3 rings (SSSR count). The Morgan fingerprint density at radius 1 is 1.19 bits per heavy atom. The van der Waals surface area contributed by atoms with Crippen LogP contribution < -0.4 is 4.72 Å². The lowest BCUT2D eigenvalue weighted by Crippen LogP contribution is -2.41. The molecular formula is C15H23N3O2S. The molecule has 0 bridgehead atoms. The van der Waals surface area contributed by atoms with Gasteiger partial charge in [-0.15, -0.1) is 0 Å². The van der Waals surface area contributed by atoms with Gasteiger partial charge >= 0.3 is 0 Å². The molecule has 2 aliphatic heterocycles. The molecule has 6 heteroatoms. The molecule has 0 aliphatic carbocycles. The van der Waals surface area contributed by atoms with Crippen molar-refractivity contribution in [1.29, 1.82) is 0 Å². The summed E-state index contributed by atoms with van der Waals surface area (Å²) in [6.07, 6.45) is 2.27. The number of nitrogens with zero attached hydrogens (tertiary/aromatic N) is 2. The molecule has 5 nitrogen and oxygen atoms in total. The molecule has 2 fully saturated rings. The topological polar surface area (TPSA) is 52.7 Å². The molecule has 2 saturated heterocycles. The van der Waals surface area contributed by atoms with Gasteiger partial charge < -0.3 is 0 Å². The van der Waals surface area contributed by atoms with Gasteiger partial charge in [0.1, 0.15) is 0 Å². The van der Waals surface area contributed by atoms with Gasteiger partial charge in [-0.1, -0.05) is 30.3 Å². The SMILES string of the molecule is O=S1(=O)NCCN1CC1CCCN(Cc2ccccc2)C1. The van der Waals surface area contributed by atoms with Gasteiger partial charge in [-0.2, -0.15) is 12.7 Å². The average Bonchev–Trinajstić information content (AvgIpc) is 2.79. The van der Waals surface area contributed by atoms with Crippen LogP contribution in [0.25, 0.3) is 0 Å². The van der Waals surface area contributed by atoms with E-state index in [4.69, 9.17) is 0 Å². The maximum absolute atomic E-state index is 11.8. The van der Waals surface area contributed by atoms with Crippen LogP contribution in [0.5, 0.6) is 0 Å². The van der Waals surface area contributed by atoms with Crippen LogP contribution in [0.3, 0.4) is 0 Å². The van der Waals surface area contributed by atoms with Crippen LogP contribution in [-0.4, -0.2) is 50.3 Å². The van der Waals surface area contributed by atoms with E-state index in [9.17, 15) is 8.42 Å². The Kier molecular flexibility index (Phi) is 4.59. The number of likely N-dealkylation sites (tertiary alicyclic amines) is 1. The van der Waals surface area contributed by atoms with Crippen LogP contribution in [-0.2, 0) is 16.8 Å². The van der Waals surface area contributed by atoms with Gasteiger partial charge in [0, 0.05) is 32.7 Å². The number of benzene rings is 1. The molecule has 0 spiro atoms. The Bertz CT molecular complexity index is 562. The summed E-state index contributed by atoms with van der Waals surface area (Å²) in [6.45, 7) is 4.86. The van der Waals surface area contributed by atoms with Crippen molar-refractivity contribution >= 4 is 10.2 Å². The van der Waals surface area contributed by atoms with Crippen molar-refractivity contribution in [2.45, 2.75) is 19.4 Å². The highest BCUT2D eigenvalue weighted by Gasteiger charge is 2.31. The zero-order valence-electron chi connectivity index (χ0n) is 12.2. The van der Waals surface area contributed by atoms with E-state index in [-0.39, 0.29) is 0 Å². The fraction of sp³-hybridized carbons (Fsp3) is 0.600. The lowest BCUT2D eigenvalue weighted by molar-refractivity contribution is 0.153. The first-order valence-corrected chi connectivity index (χ1v) is 9.08. The lowest BCUT2D eigenvalue weighted by atomic mass is 9.97. The third-order valence-electron chi connectivity index (χ3n) is 4.30. The molecule has 116 valence electrons. The Morgan fingerprint density at radius 3 is 2.71 bits per heavy atom. The van der Waals surface area contributed by atoms with Crippen molar-refractivity contribution in [3.8, 4) is 0 Å².